The first kappa shape index (κ1) is 23.5. The standard InChI is InChI=1S/C26H31N5O3/c1-18-15-23(30-34-18)26(33)29-22-16-20(17-28-12-9-19-5-3-2-4-6-19)7-8-24(22)31-13-10-21(11-14-31)25(27)32/h2-8,15-16,21,28H,9-14,17H2,1H3,(H2,27,32)(H,29,33). The molecule has 0 aliphatic carbocycles. The first-order valence-electron chi connectivity index (χ1n) is 11.7. The van der Waals surface area contributed by atoms with E-state index in [1.165, 1.54) is 5.56 Å². The zero-order valence-electron chi connectivity index (χ0n) is 19.4. The largest absolute Gasteiger partial charge is 0.370 e. The van der Waals surface area contributed by atoms with Gasteiger partial charge in [-0.1, -0.05) is 41.6 Å². The second-order valence-electron chi connectivity index (χ2n) is 8.70. The van der Waals surface area contributed by atoms with Gasteiger partial charge in [0.15, 0.2) is 5.69 Å². The summed E-state index contributed by atoms with van der Waals surface area (Å²) < 4.78 is 5.05. The van der Waals surface area contributed by atoms with Crippen molar-refractivity contribution in [1.82, 2.24) is 10.5 Å². The molecule has 1 fully saturated rings. The Kier molecular flexibility index (Phi) is 7.59. The molecule has 178 valence electrons. The minimum absolute atomic E-state index is 0.0968. The number of carbonyl (C=O) groups excluding carboxylic acids is 2. The van der Waals surface area contributed by atoms with Gasteiger partial charge in [0.25, 0.3) is 5.91 Å². The molecule has 3 aromatic rings. The highest BCUT2D eigenvalue weighted by Crippen LogP contribution is 2.31. The van der Waals surface area contributed by atoms with E-state index < -0.39 is 0 Å². The number of aromatic nitrogens is 1. The van der Waals surface area contributed by atoms with Gasteiger partial charge in [-0.3, -0.25) is 9.59 Å². The SMILES string of the molecule is Cc1cc(C(=O)Nc2cc(CNCCc3ccccc3)ccc2N2CCC(C(N)=O)CC2)no1. The Bertz CT molecular complexity index is 1120. The van der Waals surface area contributed by atoms with E-state index in [-0.39, 0.29) is 23.4 Å². The Morgan fingerprint density at radius 2 is 1.85 bits per heavy atom. The summed E-state index contributed by atoms with van der Waals surface area (Å²) in [5, 5.41) is 10.3. The molecule has 2 amide bonds. The number of nitrogens with zero attached hydrogens (tertiary/aromatic N) is 2. The van der Waals surface area contributed by atoms with Crippen LogP contribution in [0.2, 0.25) is 0 Å². The number of carbonyl (C=O) groups is 2. The number of rotatable bonds is 9. The van der Waals surface area contributed by atoms with Crippen LogP contribution in [0.4, 0.5) is 11.4 Å². The Balaban J connectivity index is 1.46. The van der Waals surface area contributed by atoms with Gasteiger partial charge in [-0.15, -0.1) is 0 Å². The number of nitrogens with two attached hydrogens (primary N) is 1. The average Bonchev–Trinajstić information content (AvgIpc) is 3.29. The summed E-state index contributed by atoms with van der Waals surface area (Å²) in [5.74, 6) is -0.0819. The summed E-state index contributed by atoms with van der Waals surface area (Å²) in [4.78, 5) is 26.5. The molecular weight excluding hydrogens is 430 g/mol. The van der Waals surface area contributed by atoms with Crippen LogP contribution in [0.3, 0.4) is 0 Å². The lowest BCUT2D eigenvalue weighted by molar-refractivity contribution is -0.122. The maximum Gasteiger partial charge on any atom is 0.277 e. The van der Waals surface area contributed by atoms with Crippen molar-refractivity contribution < 1.29 is 14.1 Å². The second kappa shape index (κ2) is 11.0. The molecule has 1 saturated heterocycles. The number of piperidine rings is 1. The maximum atomic E-state index is 12.8. The highest BCUT2D eigenvalue weighted by Gasteiger charge is 2.25. The van der Waals surface area contributed by atoms with Crippen LogP contribution in [0, 0.1) is 12.8 Å². The molecule has 0 unspecified atom stereocenters. The summed E-state index contributed by atoms with van der Waals surface area (Å²) in [6.07, 6.45) is 2.35. The van der Waals surface area contributed by atoms with Gasteiger partial charge in [0.1, 0.15) is 5.76 Å². The maximum absolute atomic E-state index is 12.8. The zero-order chi connectivity index (χ0) is 23.9. The third-order valence-electron chi connectivity index (χ3n) is 6.17. The summed E-state index contributed by atoms with van der Waals surface area (Å²) in [6, 6.07) is 18.1. The third kappa shape index (κ3) is 6.02. The van der Waals surface area contributed by atoms with Gasteiger partial charge in [-0.25, -0.2) is 0 Å². The first-order valence-corrected chi connectivity index (χ1v) is 11.7. The number of primary amides is 1. The summed E-state index contributed by atoms with van der Waals surface area (Å²) in [6.45, 7) is 4.69. The minimum Gasteiger partial charge on any atom is -0.370 e. The molecule has 0 saturated carbocycles. The Hall–Kier alpha value is -3.65. The normalized spacial score (nSPS) is 14.2. The van der Waals surface area contributed by atoms with Crippen LogP contribution in [0.5, 0.6) is 0 Å². The number of hydrogen-bond acceptors (Lipinski definition) is 6. The molecule has 8 nitrogen and oxygen atoms in total. The molecule has 34 heavy (non-hydrogen) atoms. The lowest BCUT2D eigenvalue weighted by atomic mass is 9.95. The van der Waals surface area contributed by atoms with Crippen molar-refractivity contribution in [2.24, 2.45) is 11.7 Å². The molecule has 0 bridgehead atoms. The first-order chi connectivity index (χ1) is 16.5. The van der Waals surface area contributed by atoms with Crippen molar-refractivity contribution in [2.45, 2.75) is 32.7 Å². The third-order valence-corrected chi connectivity index (χ3v) is 6.17. The second-order valence-corrected chi connectivity index (χ2v) is 8.70. The molecule has 1 aromatic heterocycles. The van der Waals surface area contributed by atoms with Crippen LogP contribution in [0.25, 0.3) is 0 Å². The number of nitrogens with one attached hydrogen (secondary N) is 2. The number of benzene rings is 2. The van der Waals surface area contributed by atoms with Gasteiger partial charge in [0, 0.05) is 31.6 Å². The van der Waals surface area contributed by atoms with E-state index in [0.29, 0.717) is 43.9 Å². The Morgan fingerprint density at radius 1 is 1.09 bits per heavy atom. The van der Waals surface area contributed by atoms with E-state index in [2.05, 4.69) is 38.9 Å². The lowest BCUT2D eigenvalue weighted by Crippen LogP contribution is -2.39. The van der Waals surface area contributed by atoms with Crippen LogP contribution >= 0.6 is 0 Å². The average molecular weight is 462 g/mol. The van der Waals surface area contributed by atoms with Crippen LogP contribution in [0.1, 0.15) is 40.2 Å². The van der Waals surface area contributed by atoms with E-state index in [9.17, 15) is 9.59 Å². The van der Waals surface area contributed by atoms with Gasteiger partial charge in [-0.2, -0.15) is 0 Å². The monoisotopic (exact) mass is 461 g/mol. The molecule has 2 heterocycles. The van der Waals surface area contributed by atoms with Crippen molar-refractivity contribution >= 4 is 23.2 Å². The summed E-state index contributed by atoms with van der Waals surface area (Å²) in [7, 11) is 0. The predicted molar refractivity (Wildman–Crippen MR) is 132 cm³/mol. The topological polar surface area (TPSA) is 113 Å². The van der Waals surface area contributed by atoms with E-state index in [1.54, 1.807) is 13.0 Å². The molecule has 0 spiro atoms. The molecular formula is C26H31N5O3. The van der Waals surface area contributed by atoms with Crippen LogP contribution in [-0.2, 0) is 17.8 Å². The van der Waals surface area contributed by atoms with Crippen LogP contribution < -0.4 is 21.3 Å². The van der Waals surface area contributed by atoms with E-state index >= 15 is 0 Å². The highest BCUT2D eigenvalue weighted by molar-refractivity contribution is 6.04. The predicted octanol–water partition coefficient (Wildman–Crippen LogP) is 3.27. The molecule has 8 heteroatoms. The number of aryl methyl sites for hydroxylation is 1. The highest BCUT2D eigenvalue weighted by atomic mass is 16.5. The van der Waals surface area contributed by atoms with Gasteiger partial charge >= 0.3 is 0 Å². The van der Waals surface area contributed by atoms with Crippen LogP contribution in [0.15, 0.2) is 59.1 Å². The molecule has 1 aliphatic heterocycles. The van der Waals surface area contributed by atoms with Crippen molar-refractivity contribution in [3.63, 3.8) is 0 Å². The molecule has 4 N–H and O–H groups in total. The van der Waals surface area contributed by atoms with E-state index in [1.807, 2.05) is 30.3 Å². The van der Waals surface area contributed by atoms with Gasteiger partial charge in [0.2, 0.25) is 5.91 Å². The molecule has 0 radical (unpaired) electrons. The van der Waals surface area contributed by atoms with Crippen molar-refractivity contribution in [1.29, 1.82) is 0 Å². The Morgan fingerprint density at radius 3 is 2.53 bits per heavy atom. The van der Waals surface area contributed by atoms with E-state index in [4.69, 9.17) is 10.3 Å². The zero-order valence-corrected chi connectivity index (χ0v) is 19.4. The number of hydrogen-bond donors (Lipinski definition) is 3. The summed E-state index contributed by atoms with van der Waals surface area (Å²) in [5.41, 5.74) is 9.72. The number of anilines is 2. The molecule has 2 aromatic carbocycles. The summed E-state index contributed by atoms with van der Waals surface area (Å²) >= 11 is 0. The van der Waals surface area contributed by atoms with Crippen molar-refractivity contribution in [3.05, 3.63) is 77.2 Å². The fourth-order valence-corrected chi connectivity index (χ4v) is 4.24. The van der Waals surface area contributed by atoms with Gasteiger partial charge in [0.05, 0.1) is 11.4 Å². The molecule has 1 aliphatic rings. The molecule has 4 rings (SSSR count). The lowest BCUT2D eigenvalue weighted by Gasteiger charge is -2.33. The minimum atomic E-state index is -0.320. The van der Waals surface area contributed by atoms with Crippen LogP contribution in [-0.4, -0.2) is 36.6 Å². The molecule has 0 atom stereocenters. The fourth-order valence-electron chi connectivity index (χ4n) is 4.24. The van der Waals surface area contributed by atoms with Crippen molar-refractivity contribution in [3.8, 4) is 0 Å². The van der Waals surface area contributed by atoms with E-state index in [0.717, 1.165) is 24.2 Å². The fraction of sp³-hybridized carbons (Fsp3) is 0.346. The smallest absolute Gasteiger partial charge is 0.277 e. The number of amides is 2. The van der Waals surface area contributed by atoms with Crippen molar-refractivity contribution in [2.75, 3.05) is 29.9 Å². The van der Waals surface area contributed by atoms with Gasteiger partial charge < -0.3 is 25.8 Å². The quantitative estimate of drug-likeness (QED) is 0.422. The Labute approximate surface area is 199 Å². The van der Waals surface area contributed by atoms with Gasteiger partial charge in [-0.05, 0) is 56.0 Å².